The van der Waals surface area contributed by atoms with E-state index in [2.05, 4.69) is 4.72 Å². The van der Waals surface area contributed by atoms with Gasteiger partial charge in [0.05, 0.1) is 4.90 Å². The SMILES string of the molecule is O=S(=O)(NCC1(c2ccc(F)cc2)CC1)c1ccc2c(c1)OCO2. The molecule has 0 spiro atoms. The Bertz CT molecular complexity index is 876. The molecule has 0 bridgehead atoms. The molecule has 1 N–H and O–H groups in total. The average molecular weight is 349 g/mol. The molecule has 1 aliphatic heterocycles. The van der Waals surface area contributed by atoms with Gasteiger partial charge in [0.2, 0.25) is 16.8 Å². The summed E-state index contributed by atoms with van der Waals surface area (Å²) in [5.41, 5.74) is 0.717. The molecule has 0 atom stereocenters. The van der Waals surface area contributed by atoms with Gasteiger partial charge in [0.1, 0.15) is 5.82 Å². The van der Waals surface area contributed by atoms with Gasteiger partial charge < -0.3 is 9.47 Å². The first-order valence-electron chi connectivity index (χ1n) is 7.64. The van der Waals surface area contributed by atoms with Gasteiger partial charge in [-0.3, -0.25) is 0 Å². The van der Waals surface area contributed by atoms with Crippen LogP contribution in [0.5, 0.6) is 11.5 Å². The predicted octanol–water partition coefficient (Wildman–Crippen LogP) is 2.56. The first kappa shape index (κ1) is 15.4. The highest BCUT2D eigenvalue weighted by molar-refractivity contribution is 7.89. The number of ether oxygens (including phenoxy) is 2. The van der Waals surface area contributed by atoms with Crippen molar-refractivity contribution in [3.63, 3.8) is 0 Å². The summed E-state index contributed by atoms with van der Waals surface area (Å²) in [5, 5.41) is 0. The van der Waals surface area contributed by atoms with Crippen molar-refractivity contribution in [1.82, 2.24) is 4.72 Å². The third-order valence-electron chi connectivity index (χ3n) is 4.57. The Morgan fingerprint density at radius 2 is 1.75 bits per heavy atom. The molecule has 24 heavy (non-hydrogen) atoms. The Kier molecular flexibility index (Phi) is 3.51. The monoisotopic (exact) mass is 349 g/mol. The van der Waals surface area contributed by atoms with Crippen LogP contribution in [-0.2, 0) is 15.4 Å². The molecule has 0 radical (unpaired) electrons. The fraction of sp³-hybridized carbons (Fsp3) is 0.294. The zero-order valence-corrected chi connectivity index (χ0v) is 13.6. The molecule has 4 rings (SSSR count). The molecule has 2 aromatic carbocycles. The fourth-order valence-corrected chi connectivity index (χ4v) is 4.02. The van der Waals surface area contributed by atoms with Crippen LogP contribution in [0.25, 0.3) is 0 Å². The lowest BCUT2D eigenvalue weighted by atomic mass is 9.96. The van der Waals surface area contributed by atoms with Gasteiger partial charge in [-0.25, -0.2) is 17.5 Å². The van der Waals surface area contributed by atoms with Crippen molar-refractivity contribution in [2.75, 3.05) is 13.3 Å². The second-order valence-electron chi connectivity index (χ2n) is 6.13. The van der Waals surface area contributed by atoms with Gasteiger partial charge >= 0.3 is 0 Å². The van der Waals surface area contributed by atoms with E-state index < -0.39 is 10.0 Å². The Morgan fingerprint density at radius 1 is 1.04 bits per heavy atom. The van der Waals surface area contributed by atoms with E-state index in [4.69, 9.17) is 9.47 Å². The highest BCUT2D eigenvalue weighted by atomic mass is 32.2. The summed E-state index contributed by atoms with van der Waals surface area (Å²) in [4.78, 5) is 0.140. The number of halogens is 1. The van der Waals surface area contributed by atoms with Crippen LogP contribution in [-0.4, -0.2) is 21.8 Å². The number of hydrogen-bond acceptors (Lipinski definition) is 4. The fourth-order valence-electron chi connectivity index (χ4n) is 2.88. The first-order valence-corrected chi connectivity index (χ1v) is 9.12. The summed E-state index contributed by atoms with van der Waals surface area (Å²) in [6.45, 7) is 0.384. The van der Waals surface area contributed by atoms with E-state index in [0.717, 1.165) is 18.4 Å². The maximum atomic E-state index is 13.1. The number of rotatable bonds is 5. The quantitative estimate of drug-likeness (QED) is 0.901. The van der Waals surface area contributed by atoms with Crippen LogP contribution >= 0.6 is 0 Å². The van der Waals surface area contributed by atoms with Crippen molar-refractivity contribution in [2.45, 2.75) is 23.2 Å². The van der Waals surface area contributed by atoms with Crippen molar-refractivity contribution >= 4 is 10.0 Å². The minimum atomic E-state index is -3.65. The van der Waals surface area contributed by atoms with Crippen molar-refractivity contribution < 1.29 is 22.3 Å². The van der Waals surface area contributed by atoms with Crippen molar-refractivity contribution in [2.24, 2.45) is 0 Å². The molecule has 0 aromatic heterocycles. The lowest BCUT2D eigenvalue weighted by Crippen LogP contribution is -2.32. The lowest BCUT2D eigenvalue weighted by Gasteiger charge is -2.17. The van der Waals surface area contributed by atoms with Crippen LogP contribution in [0, 0.1) is 5.82 Å². The molecule has 1 saturated carbocycles. The molecule has 1 fully saturated rings. The molecule has 0 unspecified atom stereocenters. The summed E-state index contributed by atoms with van der Waals surface area (Å²) in [6, 6.07) is 10.8. The molecule has 0 saturated heterocycles. The molecular formula is C17H16FNO4S. The molecule has 1 heterocycles. The summed E-state index contributed by atoms with van der Waals surface area (Å²) >= 11 is 0. The van der Waals surface area contributed by atoms with Gasteiger partial charge in [-0.1, -0.05) is 12.1 Å². The second kappa shape index (κ2) is 5.46. The van der Waals surface area contributed by atoms with Crippen LogP contribution in [0.2, 0.25) is 0 Å². The third kappa shape index (κ3) is 2.74. The van der Waals surface area contributed by atoms with Gasteiger partial charge in [-0.05, 0) is 42.7 Å². The number of fused-ring (bicyclic) bond motifs is 1. The average Bonchev–Trinajstić information content (AvgIpc) is 3.22. The van der Waals surface area contributed by atoms with Gasteiger partial charge in [-0.2, -0.15) is 0 Å². The Hall–Kier alpha value is -2.12. The zero-order chi connectivity index (χ0) is 16.8. The van der Waals surface area contributed by atoms with Gasteiger partial charge in [0.15, 0.2) is 11.5 Å². The standard InChI is InChI=1S/C17H16FNO4S/c18-13-3-1-12(2-4-13)17(7-8-17)10-19-24(20,21)14-5-6-15-16(9-14)23-11-22-15/h1-6,9,19H,7-8,10-11H2. The van der Waals surface area contributed by atoms with Crippen LogP contribution in [0.3, 0.4) is 0 Å². The van der Waals surface area contributed by atoms with Crippen LogP contribution < -0.4 is 14.2 Å². The van der Waals surface area contributed by atoms with Crippen molar-refractivity contribution in [3.8, 4) is 11.5 Å². The Labute approximate surface area is 139 Å². The number of sulfonamides is 1. The molecule has 7 heteroatoms. The second-order valence-corrected chi connectivity index (χ2v) is 7.89. The van der Waals surface area contributed by atoms with Gasteiger partial charge in [0.25, 0.3) is 0 Å². The topological polar surface area (TPSA) is 64.6 Å². The Balaban J connectivity index is 1.51. The summed E-state index contributed by atoms with van der Waals surface area (Å²) < 4.78 is 51.2. The minimum absolute atomic E-state index is 0.0972. The molecule has 2 aliphatic rings. The maximum absolute atomic E-state index is 13.1. The summed E-state index contributed by atoms with van der Waals surface area (Å²) in [5.74, 6) is 0.673. The highest BCUT2D eigenvalue weighted by Crippen LogP contribution is 2.47. The molecule has 5 nitrogen and oxygen atoms in total. The predicted molar refractivity (Wildman–Crippen MR) is 85.1 cm³/mol. The Morgan fingerprint density at radius 3 is 2.46 bits per heavy atom. The smallest absolute Gasteiger partial charge is 0.240 e. The zero-order valence-electron chi connectivity index (χ0n) is 12.8. The van der Waals surface area contributed by atoms with E-state index >= 15 is 0 Å². The van der Waals surface area contributed by atoms with E-state index in [1.54, 1.807) is 18.2 Å². The molecule has 0 amide bonds. The number of benzene rings is 2. The molecular weight excluding hydrogens is 333 g/mol. The van der Waals surface area contributed by atoms with E-state index in [9.17, 15) is 12.8 Å². The van der Waals surface area contributed by atoms with Crippen molar-refractivity contribution in [1.29, 1.82) is 0 Å². The maximum Gasteiger partial charge on any atom is 0.240 e. The third-order valence-corrected chi connectivity index (χ3v) is 5.96. The minimum Gasteiger partial charge on any atom is -0.454 e. The van der Waals surface area contributed by atoms with E-state index in [0.29, 0.717) is 11.5 Å². The van der Waals surface area contributed by atoms with Crippen LogP contribution in [0.15, 0.2) is 47.4 Å². The molecule has 2 aromatic rings. The van der Waals surface area contributed by atoms with E-state index in [1.165, 1.54) is 24.3 Å². The number of nitrogens with one attached hydrogen (secondary N) is 1. The molecule has 126 valence electrons. The first-order chi connectivity index (χ1) is 11.5. The van der Waals surface area contributed by atoms with Gasteiger partial charge in [0, 0.05) is 18.0 Å². The number of hydrogen-bond donors (Lipinski definition) is 1. The summed E-state index contributed by atoms with van der Waals surface area (Å²) in [7, 11) is -3.65. The van der Waals surface area contributed by atoms with Crippen molar-refractivity contribution in [3.05, 3.63) is 53.8 Å². The van der Waals surface area contributed by atoms with E-state index in [1.807, 2.05) is 0 Å². The normalized spacial score (nSPS) is 17.7. The molecule has 1 aliphatic carbocycles. The highest BCUT2D eigenvalue weighted by Gasteiger charge is 2.44. The largest absolute Gasteiger partial charge is 0.454 e. The van der Waals surface area contributed by atoms with Gasteiger partial charge in [-0.15, -0.1) is 0 Å². The summed E-state index contributed by atoms with van der Waals surface area (Å²) in [6.07, 6.45) is 1.75. The lowest BCUT2D eigenvalue weighted by molar-refractivity contribution is 0.174. The van der Waals surface area contributed by atoms with Crippen LogP contribution in [0.4, 0.5) is 4.39 Å². The van der Waals surface area contributed by atoms with Crippen LogP contribution in [0.1, 0.15) is 18.4 Å². The van der Waals surface area contributed by atoms with E-state index in [-0.39, 0.29) is 29.5 Å².